The summed E-state index contributed by atoms with van der Waals surface area (Å²) in [7, 11) is 0. The third-order valence-electron chi connectivity index (χ3n) is 3.56. The van der Waals surface area contributed by atoms with E-state index in [1.54, 1.807) is 12.5 Å². The van der Waals surface area contributed by atoms with Crippen molar-refractivity contribution < 1.29 is 9.47 Å². The van der Waals surface area contributed by atoms with E-state index < -0.39 is 5.79 Å². The third-order valence-corrected chi connectivity index (χ3v) is 3.85. The molecule has 92 valence electrons. The van der Waals surface area contributed by atoms with Crippen LogP contribution in [0.15, 0.2) is 18.9 Å². The summed E-state index contributed by atoms with van der Waals surface area (Å²) in [5, 5.41) is 1.43. The molecule has 0 amide bonds. The van der Waals surface area contributed by atoms with Crippen molar-refractivity contribution in [2.75, 3.05) is 0 Å². The number of H-pyrrole nitrogens is 1. The van der Waals surface area contributed by atoms with Crippen LogP contribution in [0.1, 0.15) is 17.7 Å². The summed E-state index contributed by atoms with van der Waals surface area (Å²) in [5.41, 5.74) is 3.03. The third kappa shape index (κ3) is 1.28. The van der Waals surface area contributed by atoms with Gasteiger partial charge in [-0.1, -0.05) is 11.6 Å². The summed E-state index contributed by atoms with van der Waals surface area (Å²) in [6, 6.07) is 0. The van der Waals surface area contributed by atoms with Crippen LogP contribution in [-0.2, 0) is 22.3 Å². The van der Waals surface area contributed by atoms with Gasteiger partial charge in [-0.25, -0.2) is 9.97 Å². The molecule has 2 aliphatic rings. The van der Waals surface area contributed by atoms with Gasteiger partial charge < -0.3 is 14.5 Å². The molecule has 4 rings (SSSR count). The van der Waals surface area contributed by atoms with Gasteiger partial charge in [-0.3, -0.25) is 0 Å². The highest BCUT2D eigenvalue weighted by molar-refractivity contribution is 6.34. The van der Waals surface area contributed by atoms with Gasteiger partial charge in [0.1, 0.15) is 29.7 Å². The summed E-state index contributed by atoms with van der Waals surface area (Å²) in [5.74, 6) is -0.548. The standard InChI is InChI=1S/C12H10ClN3O2/c13-10-9-7-1-2-12(17-3-4-18-12)5-8(7)16-11(9)15-6-14-10/h3-4,6H,1-2,5H2,(H,14,15,16). The molecule has 18 heavy (non-hydrogen) atoms. The highest BCUT2D eigenvalue weighted by Gasteiger charge is 2.41. The van der Waals surface area contributed by atoms with Gasteiger partial charge in [-0.15, -0.1) is 0 Å². The zero-order valence-corrected chi connectivity index (χ0v) is 10.2. The molecular formula is C12H10ClN3O2. The summed E-state index contributed by atoms with van der Waals surface area (Å²) in [6.07, 6.45) is 6.96. The Bertz CT molecular complexity index is 657. The normalized spacial score (nSPS) is 19.8. The maximum absolute atomic E-state index is 6.14. The quantitative estimate of drug-likeness (QED) is 0.741. The van der Waals surface area contributed by atoms with Crippen molar-refractivity contribution in [1.82, 2.24) is 15.0 Å². The van der Waals surface area contributed by atoms with Crippen LogP contribution in [-0.4, -0.2) is 20.7 Å². The van der Waals surface area contributed by atoms with Crippen molar-refractivity contribution in [3.05, 3.63) is 35.3 Å². The lowest BCUT2D eigenvalue weighted by molar-refractivity contribution is -0.148. The van der Waals surface area contributed by atoms with E-state index in [4.69, 9.17) is 21.1 Å². The van der Waals surface area contributed by atoms with Crippen molar-refractivity contribution in [2.24, 2.45) is 0 Å². The van der Waals surface area contributed by atoms with Gasteiger partial charge in [0.2, 0.25) is 0 Å². The number of aromatic nitrogens is 3. The van der Waals surface area contributed by atoms with Crippen LogP contribution in [0.25, 0.3) is 11.0 Å². The van der Waals surface area contributed by atoms with Crippen LogP contribution < -0.4 is 0 Å². The number of aryl methyl sites for hydroxylation is 1. The summed E-state index contributed by atoms with van der Waals surface area (Å²) in [6.45, 7) is 0. The van der Waals surface area contributed by atoms with E-state index in [0.717, 1.165) is 29.6 Å². The minimum Gasteiger partial charge on any atom is -0.456 e. The Kier molecular flexibility index (Phi) is 1.92. The first-order valence-electron chi connectivity index (χ1n) is 5.78. The number of halogens is 1. The minimum atomic E-state index is -0.548. The Morgan fingerprint density at radius 1 is 1.28 bits per heavy atom. The predicted octanol–water partition coefficient (Wildman–Crippen LogP) is 2.31. The van der Waals surface area contributed by atoms with Gasteiger partial charge in [0.25, 0.3) is 5.79 Å². The summed E-state index contributed by atoms with van der Waals surface area (Å²) in [4.78, 5) is 11.5. The summed E-state index contributed by atoms with van der Waals surface area (Å²) < 4.78 is 11.1. The second-order valence-electron chi connectivity index (χ2n) is 4.57. The van der Waals surface area contributed by atoms with E-state index >= 15 is 0 Å². The molecule has 0 bridgehead atoms. The fourth-order valence-electron chi connectivity index (χ4n) is 2.73. The number of aromatic amines is 1. The number of ether oxygens (including phenoxy) is 2. The number of hydrogen-bond donors (Lipinski definition) is 1. The van der Waals surface area contributed by atoms with Crippen molar-refractivity contribution >= 4 is 22.6 Å². The zero-order valence-electron chi connectivity index (χ0n) is 9.44. The predicted molar refractivity (Wildman–Crippen MR) is 65.0 cm³/mol. The first kappa shape index (κ1) is 10.2. The topological polar surface area (TPSA) is 60.0 Å². The number of fused-ring (bicyclic) bond motifs is 3. The molecule has 3 heterocycles. The van der Waals surface area contributed by atoms with Crippen molar-refractivity contribution in [3.8, 4) is 0 Å². The molecule has 1 aliphatic heterocycles. The Morgan fingerprint density at radius 2 is 2.11 bits per heavy atom. The molecule has 0 unspecified atom stereocenters. The molecule has 1 N–H and O–H groups in total. The molecule has 0 aromatic carbocycles. The lowest BCUT2D eigenvalue weighted by Crippen LogP contribution is -2.36. The van der Waals surface area contributed by atoms with Gasteiger partial charge in [0.15, 0.2) is 0 Å². The maximum Gasteiger partial charge on any atom is 0.255 e. The SMILES string of the molecule is Clc1ncnc2[nH]c3c(c12)CCC1(C3)OC=CO1. The molecule has 0 radical (unpaired) electrons. The first-order valence-corrected chi connectivity index (χ1v) is 6.16. The number of hydrogen-bond acceptors (Lipinski definition) is 4. The van der Waals surface area contributed by atoms with Gasteiger partial charge in [0, 0.05) is 12.1 Å². The van der Waals surface area contributed by atoms with Crippen LogP contribution in [0, 0.1) is 0 Å². The molecule has 0 atom stereocenters. The van der Waals surface area contributed by atoms with E-state index in [1.165, 1.54) is 11.9 Å². The number of rotatable bonds is 0. The fourth-order valence-corrected chi connectivity index (χ4v) is 2.98. The molecule has 1 spiro atoms. The van der Waals surface area contributed by atoms with Crippen LogP contribution in [0.3, 0.4) is 0 Å². The highest BCUT2D eigenvalue weighted by Crippen LogP contribution is 2.39. The maximum atomic E-state index is 6.14. The van der Waals surface area contributed by atoms with Crippen LogP contribution in [0.4, 0.5) is 0 Å². The monoisotopic (exact) mass is 263 g/mol. The van der Waals surface area contributed by atoms with Gasteiger partial charge in [-0.2, -0.15) is 0 Å². The molecule has 2 aromatic rings. The van der Waals surface area contributed by atoms with E-state index in [9.17, 15) is 0 Å². The lowest BCUT2D eigenvalue weighted by atomic mass is 9.91. The molecule has 0 fully saturated rings. The van der Waals surface area contributed by atoms with E-state index in [0.29, 0.717) is 11.6 Å². The van der Waals surface area contributed by atoms with E-state index in [2.05, 4.69) is 15.0 Å². The Labute approximate surface area is 108 Å². The molecule has 0 saturated carbocycles. The van der Waals surface area contributed by atoms with Gasteiger partial charge in [-0.05, 0) is 12.0 Å². The van der Waals surface area contributed by atoms with Crippen molar-refractivity contribution in [1.29, 1.82) is 0 Å². The number of nitrogens with one attached hydrogen (secondary N) is 1. The second kappa shape index (κ2) is 3.38. The van der Waals surface area contributed by atoms with Crippen LogP contribution in [0.2, 0.25) is 5.15 Å². The molecule has 6 heteroatoms. The molecule has 1 aliphatic carbocycles. The van der Waals surface area contributed by atoms with Crippen molar-refractivity contribution in [3.63, 3.8) is 0 Å². The largest absolute Gasteiger partial charge is 0.456 e. The fraction of sp³-hybridized carbons (Fsp3) is 0.333. The van der Waals surface area contributed by atoms with Crippen LogP contribution >= 0.6 is 11.6 Å². The average Bonchev–Trinajstić information content (AvgIpc) is 2.94. The average molecular weight is 264 g/mol. The molecular weight excluding hydrogens is 254 g/mol. The summed E-state index contributed by atoms with van der Waals surface area (Å²) >= 11 is 6.14. The van der Waals surface area contributed by atoms with E-state index in [-0.39, 0.29) is 0 Å². The molecule has 5 nitrogen and oxygen atoms in total. The second-order valence-corrected chi connectivity index (χ2v) is 4.92. The zero-order chi connectivity index (χ0) is 12.2. The first-order chi connectivity index (χ1) is 8.77. The van der Waals surface area contributed by atoms with Crippen molar-refractivity contribution in [2.45, 2.75) is 25.0 Å². The Morgan fingerprint density at radius 3 is 2.94 bits per heavy atom. The van der Waals surface area contributed by atoms with Gasteiger partial charge in [0.05, 0.1) is 11.8 Å². The molecule has 0 saturated heterocycles. The lowest BCUT2D eigenvalue weighted by Gasteiger charge is -2.31. The van der Waals surface area contributed by atoms with Crippen LogP contribution in [0.5, 0.6) is 0 Å². The Balaban J connectivity index is 1.86. The minimum absolute atomic E-state index is 0.500. The molecule has 2 aromatic heterocycles. The van der Waals surface area contributed by atoms with E-state index in [1.807, 2.05) is 0 Å². The number of nitrogens with zero attached hydrogens (tertiary/aromatic N) is 2. The Hall–Kier alpha value is -1.75. The van der Waals surface area contributed by atoms with Gasteiger partial charge >= 0.3 is 0 Å². The smallest absolute Gasteiger partial charge is 0.255 e. The highest BCUT2D eigenvalue weighted by atomic mass is 35.5.